The zero-order valence-corrected chi connectivity index (χ0v) is 26.4. The van der Waals surface area contributed by atoms with Gasteiger partial charge in [0.1, 0.15) is 0 Å². The normalized spacial score (nSPS) is 14.0. The van der Waals surface area contributed by atoms with Crippen molar-refractivity contribution in [1.82, 2.24) is 19.9 Å². The highest BCUT2D eigenvalue weighted by Gasteiger charge is 2.23. The molecular weight excluding hydrogens is 560 g/mol. The van der Waals surface area contributed by atoms with E-state index in [1.165, 1.54) is 5.56 Å². The summed E-state index contributed by atoms with van der Waals surface area (Å²) in [6.07, 6.45) is 1.45. The highest BCUT2D eigenvalue weighted by molar-refractivity contribution is 7.80. The maximum Gasteiger partial charge on any atom is 0.303 e. The molecule has 0 saturated carbocycles. The summed E-state index contributed by atoms with van der Waals surface area (Å²) >= 11 is 4.81. The van der Waals surface area contributed by atoms with Crippen LogP contribution in [0.1, 0.15) is 104 Å². The molecule has 2 aliphatic heterocycles. The summed E-state index contributed by atoms with van der Waals surface area (Å²) in [5, 5.41) is 18.9. The van der Waals surface area contributed by atoms with Gasteiger partial charge in [-0.15, -0.1) is 0 Å². The van der Waals surface area contributed by atoms with Gasteiger partial charge in [-0.3, -0.25) is 9.59 Å². The number of allylic oxidation sites excluding steroid dienone is 4. The molecule has 0 radical (unpaired) electrons. The van der Waals surface area contributed by atoms with Crippen molar-refractivity contribution in [3.8, 4) is 0 Å². The zero-order valence-electron chi connectivity index (χ0n) is 25.5. The maximum absolute atomic E-state index is 11.6. The second-order valence-corrected chi connectivity index (χ2v) is 12.2. The SMILES string of the molecule is CCc1c(C)c2cc3nc(cc4nc(cc5[nH]c(cc1[nH]2)c(C)c5C(C)S)C(C)=C4CCC(=O)O)C(CCC(=O)O)=C3C. The second kappa shape index (κ2) is 11.9. The van der Waals surface area contributed by atoms with E-state index >= 15 is 0 Å². The molecule has 8 nitrogen and oxygen atoms in total. The number of nitrogens with zero attached hydrogens (tertiary/aromatic N) is 2. The molecule has 4 N–H and O–H groups in total. The summed E-state index contributed by atoms with van der Waals surface area (Å²) in [6, 6.07) is 8.10. The van der Waals surface area contributed by atoms with E-state index < -0.39 is 11.9 Å². The number of rotatable bonds is 8. The molecule has 1 unspecified atom stereocenters. The number of carboxylic acids is 2. The number of aryl methyl sites for hydroxylation is 3. The Labute approximate surface area is 256 Å². The van der Waals surface area contributed by atoms with E-state index in [2.05, 4.69) is 43.7 Å². The molecule has 43 heavy (non-hydrogen) atoms. The van der Waals surface area contributed by atoms with Crippen molar-refractivity contribution in [2.45, 2.75) is 78.9 Å². The van der Waals surface area contributed by atoms with Crippen LogP contribution in [-0.2, 0) is 16.0 Å². The largest absolute Gasteiger partial charge is 0.481 e. The van der Waals surface area contributed by atoms with Crippen LogP contribution in [0, 0.1) is 13.8 Å². The van der Waals surface area contributed by atoms with Crippen LogP contribution in [-0.4, -0.2) is 42.1 Å². The summed E-state index contributed by atoms with van der Waals surface area (Å²) in [5.74, 6) is -1.76. The van der Waals surface area contributed by atoms with Crippen molar-refractivity contribution in [1.29, 1.82) is 0 Å². The van der Waals surface area contributed by atoms with Gasteiger partial charge in [0.25, 0.3) is 0 Å². The lowest BCUT2D eigenvalue weighted by Gasteiger charge is -2.05. The predicted molar refractivity (Wildman–Crippen MR) is 176 cm³/mol. The summed E-state index contributed by atoms with van der Waals surface area (Å²) in [5.41, 5.74) is 14.8. The minimum atomic E-state index is -0.880. The third kappa shape index (κ3) is 5.78. The number of hydrogen-bond acceptors (Lipinski definition) is 5. The van der Waals surface area contributed by atoms with E-state index in [1.807, 2.05) is 32.0 Å². The Bertz CT molecular complexity index is 1890. The van der Waals surface area contributed by atoms with Crippen LogP contribution in [0.4, 0.5) is 0 Å². The van der Waals surface area contributed by atoms with Crippen molar-refractivity contribution in [2.24, 2.45) is 0 Å². The number of fused-ring (bicyclic) bond motifs is 8. The Morgan fingerprint density at radius 3 is 1.72 bits per heavy atom. The maximum atomic E-state index is 11.6. The van der Waals surface area contributed by atoms with Crippen molar-refractivity contribution in [2.75, 3.05) is 0 Å². The van der Waals surface area contributed by atoms with E-state index in [0.29, 0.717) is 24.2 Å². The summed E-state index contributed by atoms with van der Waals surface area (Å²) in [7, 11) is 0. The lowest BCUT2D eigenvalue weighted by Crippen LogP contribution is -1.97. The third-order valence-electron chi connectivity index (χ3n) is 8.67. The van der Waals surface area contributed by atoms with Gasteiger partial charge in [0.05, 0.1) is 22.8 Å². The number of nitrogens with one attached hydrogen (secondary N) is 2. The first-order valence-electron chi connectivity index (χ1n) is 14.7. The van der Waals surface area contributed by atoms with Gasteiger partial charge in [0.15, 0.2) is 0 Å². The van der Waals surface area contributed by atoms with E-state index in [-0.39, 0.29) is 18.1 Å². The van der Waals surface area contributed by atoms with Crippen LogP contribution in [0.5, 0.6) is 0 Å². The summed E-state index contributed by atoms with van der Waals surface area (Å²) in [4.78, 5) is 40.4. The van der Waals surface area contributed by atoms with Gasteiger partial charge < -0.3 is 20.2 Å². The van der Waals surface area contributed by atoms with Gasteiger partial charge in [-0.25, -0.2) is 9.97 Å². The fraction of sp³-hybridized carbons (Fsp3) is 0.353. The van der Waals surface area contributed by atoms with Gasteiger partial charge in [0.2, 0.25) is 0 Å². The quantitative estimate of drug-likeness (QED) is 0.167. The molecule has 0 saturated heterocycles. The highest BCUT2D eigenvalue weighted by Crippen LogP contribution is 2.39. The Morgan fingerprint density at radius 2 is 1.23 bits per heavy atom. The van der Waals surface area contributed by atoms with Crippen molar-refractivity contribution in [3.05, 3.63) is 69.3 Å². The van der Waals surface area contributed by atoms with Crippen LogP contribution in [0.3, 0.4) is 0 Å². The van der Waals surface area contributed by atoms with Gasteiger partial charge in [-0.1, -0.05) is 6.92 Å². The Balaban J connectivity index is 1.93. The molecule has 0 spiro atoms. The first-order chi connectivity index (χ1) is 20.4. The number of H-pyrrole nitrogens is 2. The molecule has 3 aromatic heterocycles. The van der Waals surface area contributed by atoms with Gasteiger partial charge in [-0.2, -0.15) is 12.6 Å². The second-order valence-electron chi connectivity index (χ2n) is 11.4. The van der Waals surface area contributed by atoms with Crippen LogP contribution < -0.4 is 0 Å². The zero-order chi connectivity index (χ0) is 31.2. The molecule has 0 fully saturated rings. The fourth-order valence-electron chi connectivity index (χ4n) is 6.27. The molecule has 224 valence electrons. The lowest BCUT2D eigenvalue weighted by molar-refractivity contribution is -0.137. The molecule has 0 amide bonds. The highest BCUT2D eigenvalue weighted by atomic mass is 32.1. The molecule has 9 heteroatoms. The third-order valence-corrected chi connectivity index (χ3v) is 8.92. The fourth-order valence-corrected chi connectivity index (χ4v) is 6.60. The number of thiol groups is 1. The van der Waals surface area contributed by atoms with E-state index in [9.17, 15) is 19.8 Å². The van der Waals surface area contributed by atoms with Crippen molar-refractivity contribution in [3.63, 3.8) is 0 Å². The Morgan fingerprint density at radius 1 is 0.744 bits per heavy atom. The van der Waals surface area contributed by atoms with E-state index in [0.717, 1.165) is 78.9 Å². The molecule has 8 bridgehead atoms. The smallest absolute Gasteiger partial charge is 0.303 e. The van der Waals surface area contributed by atoms with Crippen LogP contribution >= 0.6 is 12.6 Å². The molecule has 5 rings (SSSR count). The number of aromatic amines is 2. The number of aromatic nitrogens is 4. The molecule has 5 heterocycles. The standard InChI is InChI=1S/C34H38N4O4S/c1-7-21-16(2)24-12-25-17(3)22(8-10-32(39)40)29(36-25)15-30-23(9-11-33(41)42)18(4)26(37-30)14-31-34(20(6)43)19(5)27(38-31)13-28(21)35-24/h12-15,20,35,38,43H,7-11H2,1-6H3,(H,39,40)(H,41,42). The minimum Gasteiger partial charge on any atom is -0.481 e. The molecule has 1 atom stereocenters. The molecule has 2 aliphatic rings. The average molecular weight is 599 g/mol. The van der Waals surface area contributed by atoms with Crippen LogP contribution in [0.15, 0.2) is 24.3 Å². The lowest BCUT2D eigenvalue weighted by atomic mass is 9.98. The van der Waals surface area contributed by atoms with E-state index in [1.54, 1.807) is 0 Å². The number of aliphatic carboxylic acids is 2. The Hall–Kier alpha value is -4.11. The van der Waals surface area contributed by atoms with Crippen molar-refractivity contribution < 1.29 is 19.8 Å². The monoisotopic (exact) mass is 598 g/mol. The summed E-state index contributed by atoms with van der Waals surface area (Å²) < 4.78 is 0. The summed E-state index contributed by atoms with van der Waals surface area (Å²) in [6.45, 7) is 12.4. The molecule has 0 aromatic carbocycles. The van der Waals surface area contributed by atoms with Gasteiger partial charge >= 0.3 is 11.9 Å². The first-order valence-corrected chi connectivity index (χ1v) is 15.2. The number of carbonyl (C=O) groups is 2. The first kappa shape index (κ1) is 30.4. The van der Waals surface area contributed by atoms with Gasteiger partial charge in [0, 0.05) is 40.2 Å². The van der Waals surface area contributed by atoms with Crippen LogP contribution in [0.2, 0.25) is 0 Å². The predicted octanol–water partition coefficient (Wildman–Crippen LogP) is 8.08. The molecule has 3 aromatic rings. The molecule has 0 aliphatic carbocycles. The Kier molecular flexibility index (Phi) is 8.38. The number of hydrogen-bond donors (Lipinski definition) is 5. The van der Waals surface area contributed by atoms with Crippen LogP contribution in [0.25, 0.3) is 44.4 Å². The number of carboxylic acid groups (broad SMARTS) is 2. The van der Waals surface area contributed by atoms with E-state index in [4.69, 9.17) is 22.6 Å². The van der Waals surface area contributed by atoms with Gasteiger partial charge in [-0.05, 0) is 123 Å². The average Bonchev–Trinajstić information content (AvgIpc) is 3.59. The van der Waals surface area contributed by atoms with Crippen molar-refractivity contribution >= 4 is 68.9 Å². The topological polar surface area (TPSA) is 132 Å². The minimum absolute atomic E-state index is 0.0230. The molecular formula is C34H38N4O4S.